The van der Waals surface area contributed by atoms with E-state index in [1.807, 2.05) is 0 Å². The Kier molecular flexibility index (Phi) is 55.7. The normalized spacial score (nSPS) is 11.4. The van der Waals surface area contributed by atoms with Crippen molar-refractivity contribution in [2.75, 3.05) is 19.8 Å². The van der Waals surface area contributed by atoms with Crippen molar-refractivity contribution >= 4 is 12.1 Å². The van der Waals surface area contributed by atoms with Gasteiger partial charge in [0, 0.05) is 13.0 Å². The zero-order valence-electron chi connectivity index (χ0n) is 43.3. The van der Waals surface area contributed by atoms with Gasteiger partial charge in [0.15, 0.2) is 0 Å². The maximum Gasteiger partial charge on any atom is 0.407 e. The highest BCUT2D eigenvalue weighted by atomic mass is 16.5. The summed E-state index contributed by atoms with van der Waals surface area (Å²) in [6, 6.07) is 0. The molecule has 0 aromatic heterocycles. The first-order valence-electron chi connectivity index (χ1n) is 29.3. The first-order valence-corrected chi connectivity index (χ1v) is 29.3. The molecule has 0 aliphatic rings. The van der Waals surface area contributed by atoms with Crippen LogP contribution in [0.4, 0.5) is 4.79 Å². The van der Waals surface area contributed by atoms with Gasteiger partial charge in [-0.05, 0) is 25.7 Å². The average Bonchev–Trinajstić information content (AvgIpc) is 3.29. The highest BCUT2D eigenvalue weighted by Crippen LogP contribution is 2.18. The fraction of sp³-hybridized carbons (Fsp3) is 0.966. The lowest BCUT2D eigenvalue weighted by Gasteiger charge is -2.07. The van der Waals surface area contributed by atoms with Gasteiger partial charge in [-0.25, -0.2) is 4.79 Å². The lowest BCUT2D eigenvalue weighted by Crippen LogP contribution is -2.25. The molecular formula is C58H115NO4. The third kappa shape index (κ3) is 56.8. The number of esters is 1. The van der Waals surface area contributed by atoms with E-state index in [0.717, 1.165) is 44.9 Å². The lowest BCUT2D eigenvalue weighted by molar-refractivity contribution is -0.143. The van der Waals surface area contributed by atoms with E-state index in [-0.39, 0.29) is 12.1 Å². The van der Waals surface area contributed by atoms with Crippen molar-refractivity contribution in [1.82, 2.24) is 5.32 Å². The van der Waals surface area contributed by atoms with Crippen LogP contribution in [0, 0.1) is 0 Å². The van der Waals surface area contributed by atoms with Crippen LogP contribution in [-0.4, -0.2) is 31.8 Å². The van der Waals surface area contributed by atoms with Crippen LogP contribution < -0.4 is 5.32 Å². The summed E-state index contributed by atoms with van der Waals surface area (Å²) < 4.78 is 10.8. The molecule has 0 aromatic rings. The Balaban J connectivity index is 3.20. The standard InChI is InChI=1S/C58H115NO4/c1-3-5-7-9-11-13-15-17-19-20-21-22-23-24-25-26-27-28-29-30-31-32-34-35-39-43-47-51-55-62-57(60)53-49-45-41-37-38-42-46-50-54-59-58(61)63-56-52-48-44-40-36-33-18-16-14-12-10-8-6-4-2/h3-56H2,1-2H3,(H,59,61). The molecule has 0 aliphatic carbocycles. The van der Waals surface area contributed by atoms with Crippen molar-refractivity contribution < 1.29 is 19.1 Å². The van der Waals surface area contributed by atoms with E-state index in [4.69, 9.17) is 9.47 Å². The van der Waals surface area contributed by atoms with Gasteiger partial charge in [0.25, 0.3) is 0 Å². The first-order chi connectivity index (χ1) is 31.2. The molecule has 0 aliphatic heterocycles. The second-order valence-corrected chi connectivity index (χ2v) is 20.0. The molecule has 0 atom stereocenters. The Bertz CT molecular complexity index is 864. The molecule has 5 heteroatoms. The van der Waals surface area contributed by atoms with E-state index in [0.29, 0.717) is 26.2 Å². The zero-order chi connectivity index (χ0) is 45.5. The molecule has 0 saturated carbocycles. The molecule has 0 heterocycles. The summed E-state index contributed by atoms with van der Waals surface area (Å²) in [5, 5.41) is 2.91. The van der Waals surface area contributed by atoms with E-state index < -0.39 is 0 Å². The summed E-state index contributed by atoms with van der Waals surface area (Å²) >= 11 is 0. The Morgan fingerprint density at radius 1 is 0.270 bits per heavy atom. The maximum atomic E-state index is 12.1. The van der Waals surface area contributed by atoms with Gasteiger partial charge in [-0.3, -0.25) is 4.79 Å². The minimum absolute atomic E-state index is 0.00867. The summed E-state index contributed by atoms with van der Waals surface area (Å²) in [6.07, 6.45) is 67.6. The van der Waals surface area contributed by atoms with E-state index >= 15 is 0 Å². The molecule has 0 aromatic carbocycles. The SMILES string of the molecule is CCCCCCCCCCCCCCCCCCCCCCCCCCCCCCOC(=O)CCCCCCCCCCNC(=O)OCCCCCCCCCCCCCCCC. The molecular weight excluding hydrogens is 775 g/mol. The van der Waals surface area contributed by atoms with E-state index in [2.05, 4.69) is 19.2 Å². The van der Waals surface area contributed by atoms with E-state index in [1.165, 1.54) is 276 Å². The van der Waals surface area contributed by atoms with Crippen LogP contribution in [-0.2, 0) is 14.3 Å². The van der Waals surface area contributed by atoms with Crippen LogP contribution in [0.5, 0.6) is 0 Å². The third-order valence-electron chi connectivity index (χ3n) is 13.6. The Labute approximate surface area is 396 Å². The fourth-order valence-corrected chi connectivity index (χ4v) is 9.19. The van der Waals surface area contributed by atoms with Gasteiger partial charge in [-0.2, -0.15) is 0 Å². The smallest absolute Gasteiger partial charge is 0.407 e. The average molecular weight is 891 g/mol. The summed E-state index contributed by atoms with van der Waals surface area (Å²) in [6.45, 7) is 6.44. The van der Waals surface area contributed by atoms with Crippen molar-refractivity contribution in [3.8, 4) is 0 Å². The molecule has 1 amide bonds. The Hall–Kier alpha value is -1.26. The number of alkyl carbamates (subject to hydrolysis) is 1. The van der Waals surface area contributed by atoms with Gasteiger partial charge in [0.05, 0.1) is 13.2 Å². The van der Waals surface area contributed by atoms with Gasteiger partial charge in [-0.1, -0.05) is 309 Å². The predicted octanol–water partition coefficient (Wildman–Crippen LogP) is 20.2. The number of carbonyl (C=O) groups is 2. The Morgan fingerprint density at radius 3 is 0.778 bits per heavy atom. The van der Waals surface area contributed by atoms with Gasteiger partial charge in [0.1, 0.15) is 0 Å². The van der Waals surface area contributed by atoms with E-state index in [1.54, 1.807) is 0 Å². The predicted molar refractivity (Wildman–Crippen MR) is 277 cm³/mol. The minimum Gasteiger partial charge on any atom is -0.466 e. The molecule has 0 spiro atoms. The van der Waals surface area contributed by atoms with Crippen LogP contribution >= 0.6 is 0 Å². The molecule has 63 heavy (non-hydrogen) atoms. The summed E-state index contributed by atoms with van der Waals surface area (Å²) in [7, 11) is 0. The van der Waals surface area contributed by atoms with Crippen molar-refractivity contribution in [1.29, 1.82) is 0 Å². The number of rotatable bonds is 55. The Morgan fingerprint density at radius 2 is 0.492 bits per heavy atom. The maximum absolute atomic E-state index is 12.1. The number of nitrogens with one attached hydrogen (secondary N) is 1. The third-order valence-corrected chi connectivity index (χ3v) is 13.6. The summed E-state index contributed by atoms with van der Waals surface area (Å²) in [5.41, 5.74) is 0. The number of ether oxygens (including phenoxy) is 2. The molecule has 376 valence electrons. The molecule has 5 nitrogen and oxygen atoms in total. The van der Waals surface area contributed by atoms with Crippen molar-refractivity contribution in [2.24, 2.45) is 0 Å². The van der Waals surface area contributed by atoms with Crippen LogP contribution in [0.3, 0.4) is 0 Å². The largest absolute Gasteiger partial charge is 0.466 e. The quantitative estimate of drug-likeness (QED) is 0.0488. The second-order valence-electron chi connectivity index (χ2n) is 20.0. The fourth-order valence-electron chi connectivity index (χ4n) is 9.19. The topological polar surface area (TPSA) is 64.6 Å². The molecule has 0 rings (SSSR count). The molecule has 1 N–H and O–H groups in total. The molecule has 0 radical (unpaired) electrons. The van der Waals surface area contributed by atoms with E-state index in [9.17, 15) is 9.59 Å². The van der Waals surface area contributed by atoms with Crippen molar-refractivity contribution in [3.05, 3.63) is 0 Å². The van der Waals surface area contributed by atoms with Crippen molar-refractivity contribution in [3.63, 3.8) is 0 Å². The summed E-state index contributed by atoms with van der Waals surface area (Å²) in [5.74, 6) is -0.00867. The number of carbonyl (C=O) groups excluding carboxylic acids is 2. The highest BCUT2D eigenvalue weighted by Gasteiger charge is 2.04. The van der Waals surface area contributed by atoms with Crippen LogP contribution in [0.15, 0.2) is 0 Å². The zero-order valence-corrected chi connectivity index (χ0v) is 43.3. The number of hydrogen-bond acceptors (Lipinski definition) is 4. The molecule has 0 saturated heterocycles. The van der Waals surface area contributed by atoms with Gasteiger partial charge in [0.2, 0.25) is 0 Å². The number of amides is 1. The summed E-state index contributed by atoms with van der Waals surface area (Å²) in [4.78, 5) is 24.0. The van der Waals surface area contributed by atoms with Gasteiger partial charge < -0.3 is 14.8 Å². The van der Waals surface area contributed by atoms with Crippen LogP contribution in [0.2, 0.25) is 0 Å². The monoisotopic (exact) mass is 890 g/mol. The molecule has 0 bridgehead atoms. The molecule has 0 fully saturated rings. The van der Waals surface area contributed by atoms with Gasteiger partial charge >= 0.3 is 12.1 Å². The minimum atomic E-state index is -0.255. The van der Waals surface area contributed by atoms with Crippen molar-refractivity contribution in [2.45, 2.75) is 341 Å². The lowest BCUT2D eigenvalue weighted by atomic mass is 10.0. The molecule has 0 unspecified atom stereocenters. The number of hydrogen-bond donors (Lipinski definition) is 1. The highest BCUT2D eigenvalue weighted by molar-refractivity contribution is 5.69. The second kappa shape index (κ2) is 56.9. The number of unbranched alkanes of at least 4 members (excludes halogenated alkanes) is 47. The van der Waals surface area contributed by atoms with Gasteiger partial charge in [-0.15, -0.1) is 0 Å². The first kappa shape index (κ1) is 61.7. The van der Waals surface area contributed by atoms with Crippen LogP contribution in [0.25, 0.3) is 0 Å². The van der Waals surface area contributed by atoms with Crippen LogP contribution in [0.1, 0.15) is 341 Å².